The maximum absolute atomic E-state index is 12.6. The number of rotatable bonds is 5. The fraction of sp³-hybridized carbons (Fsp3) is 0.938. The summed E-state index contributed by atoms with van der Waals surface area (Å²) in [5.41, 5.74) is -0.274. The average molecular weight is 375 g/mol. The van der Waals surface area contributed by atoms with E-state index in [4.69, 9.17) is 9.57 Å². The maximum atomic E-state index is 12.6. The summed E-state index contributed by atoms with van der Waals surface area (Å²) in [6, 6.07) is -0.307. The molecule has 3 rings (SSSR count). The highest BCUT2D eigenvalue weighted by molar-refractivity contribution is 7.91. The molecule has 0 bridgehead atoms. The van der Waals surface area contributed by atoms with E-state index in [1.54, 1.807) is 6.92 Å². The lowest BCUT2D eigenvalue weighted by atomic mass is 9.91. The molecule has 3 aliphatic heterocycles. The molecule has 25 heavy (non-hydrogen) atoms. The third-order valence-corrected chi connectivity index (χ3v) is 7.02. The van der Waals surface area contributed by atoms with Crippen molar-refractivity contribution in [2.75, 3.05) is 64.5 Å². The number of hydrogen-bond acceptors (Lipinski definition) is 7. The number of carbonyl (C=O) groups excluding carboxylic acids is 1. The predicted octanol–water partition coefficient (Wildman–Crippen LogP) is -0.640. The average Bonchev–Trinajstić information content (AvgIpc) is 2.58. The van der Waals surface area contributed by atoms with Crippen LogP contribution in [0.3, 0.4) is 0 Å². The Kier molecular flexibility index (Phi) is 5.69. The molecule has 9 heteroatoms. The standard InChI is InChI=1S/C16H29N3O5S/c1-3-25(21,22)9-7-18-12-16(13-18)11-17(2)14(10-23-16)15(20)19-6-4-5-8-24-19/h14H,3-13H2,1-2H3/t14-/m0/s1. The molecular weight excluding hydrogens is 346 g/mol. The molecule has 0 aliphatic carbocycles. The van der Waals surface area contributed by atoms with Gasteiger partial charge in [0.15, 0.2) is 9.84 Å². The summed E-state index contributed by atoms with van der Waals surface area (Å²) in [5, 5.41) is 1.48. The molecule has 8 nitrogen and oxygen atoms in total. The van der Waals surface area contributed by atoms with Crippen LogP contribution in [0.25, 0.3) is 0 Å². The Morgan fingerprint density at radius 2 is 2.00 bits per heavy atom. The third-order valence-electron chi connectivity index (χ3n) is 5.33. The zero-order valence-electron chi connectivity index (χ0n) is 15.1. The minimum absolute atomic E-state index is 0.0257. The number of hydroxylamine groups is 2. The van der Waals surface area contributed by atoms with Crippen molar-refractivity contribution in [3.8, 4) is 0 Å². The van der Waals surface area contributed by atoms with Crippen LogP contribution in [-0.2, 0) is 24.2 Å². The molecule has 0 aromatic carbocycles. The van der Waals surface area contributed by atoms with Crippen molar-refractivity contribution in [2.24, 2.45) is 0 Å². The molecule has 0 aromatic rings. The fourth-order valence-corrected chi connectivity index (χ4v) is 4.55. The van der Waals surface area contributed by atoms with Crippen LogP contribution in [0.4, 0.5) is 0 Å². The number of sulfone groups is 1. The second kappa shape index (κ2) is 7.48. The van der Waals surface area contributed by atoms with Gasteiger partial charge < -0.3 is 4.74 Å². The van der Waals surface area contributed by atoms with Crippen molar-refractivity contribution >= 4 is 15.7 Å². The predicted molar refractivity (Wildman–Crippen MR) is 92.8 cm³/mol. The summed E-state index contributed by atoms with van der Waals surface area (Å²) in [6.45, 7) is 5.95. The SMILES string of the molecule is CCS(=O)(=O)CCN1CC2(C1)CN(C)[C@H](C(=O)N1CCCCO1)CO2. The Labute approximate surface area is 149 Å². The van der Waals surface area contributed by atoms with Gasteiger partial charge in [0.05, 0.1) is 19.0 Å². The van der Waals surface area contributed by atoms with E-state index in [1.807, 2.05) is 11.9 Å². The molecule has 1 amide bonds. The van der Waals surface area contributed by atoms with Crippen molar-refractivity contribution in [1.82, 2.24) is 14.9 Å². The highest BCUT2D eigenvalue weighted by Gasteiger charge is 2.50. The van der Waals surface area contributed by atoms with Gasteiger partial charge in [0.1, 0.15) is 11.6 Å². The van der Waals surface area contributed by atoms with Gasteiger partial charge in [-0.2, -0.15) is 0 Å². The Morgan fingerprint density at radius 1 is 1.24 bits per heavy atom. The van der Waals surface area contributed by atoms with Gasteiger partial charge in [-0.3, -0.25) is 19.4 Å². The summed E-state index contributed by atoms with van der Waals surface area (Å²) in [4.78, 5) is 22.2. The van der Waals surface area contributed by atoms with Gasteiger partial charge in [0.25, 0.3) is 5.91 Å². The summed E-state index contributed by atoms with van der Waals surface area (Å²) in [5.74, 6) is 0.360. The lowest BCUT2D eigenvalue weighted by molar-refractivity contribution is -0.223. The maximum Gasteiger partial charge on any atom is 0.265 e. The smallest absolute Gasteiger partial charge is 0.265 e. The molecule has 3 heterocycles. The van der Waals surface area contributed by atoms with Gasteiger partial charge in [-0.15, -0.1) is 0 Å². The van der Waals surface area contributed by atoms with Crippen molar-refractivity contribution in [3.05, 3.63) is 0 Å². The first-order valence-electron chi connectivity index (χ1n) is 9.05. The van der Waals surface area contributed by atoms with Crippen LogP contribution in [0.15, 0.2) is 0 Å². The summed E-state index contributed by atoms with van der Waals surface area (Å²) in [7, 11) is -0.988. The summed E-state index contributed by atoms with van der Waals surface area (Å²) < 4.78 is 29.3. The molecule has 1 atom stereocenters. The van der Waals surface area contributed by atoms with Gasteiger partial charge in [0.2, 0.25) is 0 Å². The molecule has 0 N–H and O–H groups in total. The third kappa shape index (κ3) is 4.33. The fourth-order valence-electron chi connectivity index (χ4n) is 3.72. The molecule has 3 saturated heterocycles. The van der Waals surface area contributed by atoms with E-state index in [-0.39, 0.29) is 29.1 Å². The van der Waals surface area contributed by atoms with E-state index in [0.29, 0.717) is 32.8 Å². The van der Waals surface area contributed by atoms with Gasteiger partial charge >= 0.3 is 0 Å². The Balaban J connectivity index is 1.47. The molecule has 3 aliphatic rings. The van der Waals surface area contributed by atoms with Crippen LogP contribution in [0.5, 0.6) is 0 Å². The number of amides is 1. The van der Waals surface area contributed by atoms with Crippen LogP contribution >= 0.6 is 0 Å². The zero-order valence-corrected chi connectivity index (χ0v) is 16.0. The van der Waals surface area contributed by atoms with E-state index in [1.165, 1.54) is 5.06 Å². The molecule has 0 unspecified atom stereocenters. The number of nitrogens with zero attached hydrogens (tertiary/aromatic N) is 3. The van der Waals surface area contributed by atoms with Gasteiger partial charge in [0, 0.05) is 38.5 Å². The Hall–Kier alpha value is -0.740. The molecule has 0 radical (unpaired) electrons. The Bertz CT molecular complexity index is 585. The van der Waals surface area contributed by atoms with E-state index < -0.39 is 9.84 Å². The van der Waals surface area contributed by atoms with Crippen LogP contribution in [0.2, 0.25) is 0 Å². The van der Waals surface area contributed by atoms with Crippen molar-refractivity contribution in [1.29, 1.82) is 0 Å². The second-order valence-corrected chi connectivity index (χ2v) is 9.83. The molecule has 1 spiro atoms. The number of carbonyl (C=O) groups is 1. The van der Waals surface area contributed by atoms with Gasteiger partial charge in [-0.1, -0.05) is 6.92 Å². The second-order valence-electron chi connectivity index (χ2n) is 7.35. The normalized spacial score (nSPS) is 28.1. The number of likely N-dealkylation sites (N-methyl/N-ethyl adjacent to an activating group) is 1. The number of likely N-dealkylation sites (tertiary alicyclic amines) is 1. The lowest BCUT2D eigenvalue weighted by Gasteiger charge is -2.55. The van der Waals surface area contributed by atoms with E-state index in [9.17, 15) is 13.2 Å². The first-order chi connectivity index (χ1) is 11.8. The highest BCUT2D eigenvalue weighted by atomic mass is 32.2. The lowest BCUT2D eigenvalue weighted by Crippen LogP contribution is -2.72. The molecule has 0 aromatic heterocycles. The van der Waals surface area contributed by atoms with Crippen LogP contribution in [-0.4, -0.2) is 105 Å². The van der Waals surface area contributed by atoms with E-state index in [2.05, 4.69) is 4.90 Å². The quantitative estimate of drug-likeness (QED) is 0.632. The van der Waals surface area contributed by atoms with E-state index in [0.717, 1.165) is 25.9 Å². The van der Waals surface area contributed by atoms with Gasteiger partial charge in [-0.05, 0) is 19.9 Å². The first kappa shape index (κ1) is 19.0. The van der Waals surface area contributed by atoms with Gasteiger partial charge in [-0.25, -0.2) is 13.5 Å². The summed E-state index contributed by atoms with van der Waals surface area (Å²) in [6.07, 6.45) is 1.97. The largest absolute Gasteiger partial charge is 0.369 e. The topological polar surface area (TPSA) is 79.4 Å². The zero-order chi connectivity index (χ0) is 18.1. The number of ether oxygens (including phenoxy) is 1. The highest BCUT2D eigenvalue weighted by Crippen LogP contribution is 2.31. The molecule has 3 fully saturated rings. The Morgan fingerprint density at radius 3 is 2.60 bits per heavy atom. The van der Waals surface area contributed by atoms with Crippen LogP contribution in [0.1, 0.15) is 19.8 Å². The van der Waals surface area contributed by atoms with Crippen LogP contribution < -0.4 is 0 Å². The van der Waals surface area contributed by atoms with E-state index >= 15 is 0 Å². The monoisotopic (exact) mass is 375 g/mol. The first-order valence-corrected chi connectivity index (χ1v) is 10.9. The van der Waals surface area contributed by atoms with Crippen LogP contribution in [0, 0.1) is 0 Å². The van der Waals surface area contributed by atoms with Crippen molar-refractivity contribution in [3.63, 3.8) is 0 Å². The minimum Gasteiger partial charge on any atom is -0.369 e. The minimum atomic E-state index is -2.93. The molecule has 0 saturated carbocycles. The summed E-state index contributed by atoms with van der Waals surface area (Å²) >= 11 is 0. The molecular formula is C16H29N3O5S. The number of hydrogen-bond donors (Lipinski definition) is 0. The van der Waals surface area contributed by atoms with Crippen molar-refractivity contribution in [2.45, 2.75) is 31.4 Å². The number of morpholine rings is 1. The molecule has 144 valence electrons. The van der Waals surface area contributed by atoms with Crippen molar-refractivity contribution < 1.29 is 22.8 Å².